The maximum Gasteiger partial charge on any atom is 0.251 e. The molecule has 1 aromatic carbocycles. The largest absolute Gasteiger partial charge is 0.493 e. The molecule has 0 saturated heterocycles. The van der Waals surface area contributed by atoms with Crippen molar-refractivity contribution in [3.05, 3.63) is 38.8 Å². The molecule has 1 amide bonds. The first-order chi connectivity index (χ1) is 12.0. The Morgan fingerprint density at radius 1 is 1.40 bits per heavy atom. The van der Waals surface area contributed by atoms with Crippen LogP contribution in [0.2, 0.25) is 5.02 Å². The Morgan fingerprint density at radius 2 is 2.16 bits per heavy atom. The fourth-order valence-corrected chi connectivity index (χ4v) is 3.24. The molecular formula is C18H23ClN2O3S. The lowest BCUT2D eigenvalue weighted by molar-refractivity contribution is 0.0950. The van der Waals surface area contributed by atoms with Crippen molar-refractivity contribution in [1.82, 2.24) is 10.3 Å². The first kappa shape index (κ1) is 19.5. The highest BCUT2D eigenvalue weighted by atomic mass is 35.5. The molecule has 0 aliphatic carbocycles. The van der Waals surface area contributed by atoms with E-state index in [-0.39, 0.29) is 5.91 Å². The number of nitrogens with zero attached hydrogens (tertiary/aromatic N) is 1. The van der Waals surface area contributed by atoms with Gasteiger partial charge in [-0.05, 0) is 18.6 Å². The van der Waals surface area contributed by atoms with Crippen molar-refractivity contribution in [2.24, 2.45) is 0 Å². The van der Waals surface area contributed by atoms with Gasteiger partial charge in [0.2, 0.25) is 0 Å². The molecule has 25 heavy (non-hydrogen) atoms. The smallest absolute Gasteiger partial charge is 0.251 e. The van der Waals surface area contributed by atoms with Crippen LogP contribution in [0.4, 0.5) is 0 Å². The predicted molar refractivity (Wildman–Crippen MR) is 101 cm³/mol. The lowest BCUT2D eigenvalue weighted by Crippen LogP contribution is -2.23. The number of benzene rings is 1. The molecule has 0 aliphatic heterocycles. The summed E-state index contributed by atoms with van der Waals surface area (Å²) in [5.41, 5.74) is 1.27. The molecule has 0 atom stereocenters. The average Bonchev–Trinajstić information content (AvgIpc) is 3.07. The van der Waals surface area contributed by atoms with Crippen molar-refractivity contribution in [2.75, 3.05) is 13.7 Å². The molecule has 0 aliphatic rings. The number of hydrogen-bond acceptors (Lipinski definition) is 5. The number of carbonyl (C=O) groups is 1. The van der Waals surface area contributed by atoms with E-state index in [9.17, 15) is 4.79 Å². The Bertz CT molecular complexity index is 731. The van der Waals surface area contributed by atoms with Crippen molar-refractivity contribution in [2.45, 2.75) is 39.7 Å². The van der Waals surface area contributed by atoms with Gasteiger partial charge in [0.1, 0.15) is 0 Å². The summed E-state index contributed by atoms with van der Waals surface area (Å²) in [6.07, 6.45) is 0.855. The van der Waals surface area contributed by atoms with Gasteiger partial charge in [-0.2, -0.15) is 0 Å². The Labute approximate surface area is 157 Å². The Hall–Kier alpha value is -1.79. The number of hydrogen-bond donors (Lipinski definition) is 1. The summed E-state index contributed by atoms with van der Waals surface area (Å²) in [6, 6.07) is 3.22. The second kappa shape index (κ2) is 9.06. The van der Waals surface area contributed by atoms with E-state index in [0.29, 0.717) is 41.2 Å². The van der Waals surface area contributed by atoms with Gasteiger partial charge in [0.25, 0.3) is 5.91 Å². The van der Waals surface area contributed by atoms with E-state index in [2.05, 4.69) is 24.1 Å². The van der Waals surface area contributed by atoms with Gasteiger partial charge in [-0.15, -0.1) is 11.3 Å². The van der Waals surface area contributed by atoms with E-state index in [0.717, 1.165) is 17.1 Å². The van der Waals surface area contributed by atoms with Crippen LogP contribution in [0.1, 0.15) is 54.2 Å². The maximum atomic E-state index is 12.4. The maximum absolute atomic E-state index is 12.4. The second-order valence-electron chi connectivity index (χ2n) is 5.85. The van der Waals surface area contributed by atoms with Crippen molar-refractivity contribution in [1.29, 1.82) is 0 Å². The van der Waals surface area contributed by atoms with Gasteiger partial charge >= 0.3 is 0 Å². The molecular weight excluding hydrogens is 360 g/mol. The molecule has 1 N–H and O–H groups in total. The number of aromatic nitrogens is 1. The van der Waals surface area contributed by atoms with Crippen molar-refractivity contribution < 1.29 is 14.3 Å². The van der Waals surface area contributed by atoms with Crippen LogP contribution in [0, 0.1) is 0 Å². The number of amides is 1. The number of halogens is 1. The van der Waals surface area contributed by atoms with Crippen LogP contribution in [-0.4, -0.2) is 24.6 Å². The Kier molecular flexibility index (Phi) is 7.08. The minimum Gasteiger partial charge on any atom is -0.493 e. The van der Waals surface area contributed by atoms with Crippen LogP contribution >= 0.6 is 22.9 Å². The zero-order valence-corrected chi connectivity index (χ0v) is 16.5. The summed E-state index contributed by atoms with van der Waals surface area (Å²) in [6.45, 7) is 7.10. The van der Waals surface area contributed by atoms with Gasteiger partial charge in [0, 0.05) is 16.9 Å². The third-order valence-electron chi connectivity index (χ3n) is 3.44. The minimum atomic E-state index is -0.235. The highest BCUT2D eigenvalue weighted by molar-refractivity contribution is 7.09. The van der Waals surface area contributed by atoms with Crippen molar-refractivity contribution in [3.63, 3.8) is 0 Å². The van der Waals surface area contributed by atoms with E-state index in [1.165, 1.54) is 7.11 Å². The lowest BCUT2D eigenvalue weighted by atomic mass is 10.2. The van der Waals surface area contributed by atoms with E-state index < -0.39 is 0 Å². The monoisotopic (exact) mass is 382 g/mol. The van der Waals surface area contributed by atoms with Gasteiger partial charge < -0.3 is 14.8 Å². The number of methoxy groups -OCH3 is 1. The van der Waals surface area contributed by atoms with Crippen molar-refractivity contribution in [3.8, 4) is 11.5 Å². The highest BCUT2D eigenvalue weighted by Gasteiger charge is 2.16. The third kappa shape index (κ3) is 5.09. The van der Waals surface area contributed by atoms with Crippen molar-refractivity contribution >= 4 is 28.8 Å². The summed E-state index contributed by atoms with van der Waals surface area (Å²) in [7, 11) is 1.52. The average molecular weight is 383 g/mol. The molecule has 2 aromatic rings. The van der Waals surface area contributed by atoms with Crippen LogP contribution in [0.25, 0.3) is 0 Å². The molecule has 136 valence electrons. The number of thiazole rings is 1. The van der Waals surface area contributed by atoms with Crippen LogP contribution in [0.3, 0.4) is 0 Å². The second-order valence-corrected chi connectivity index (χ2v) is 7.15. The zero-order chi connectivity index (χ0) is 18.4. The molecule has 0 saturated carbocycles. The molecule has 0 radical (unpaired) electrons. The Morgan fingerprint density at radius 3 is 2.76 bits per heavy atom. The highest BCUT2D eigenvalue weighted by Crippen LogP contribution is 2.36. The molecule has 2 rings (SSSR count). The minimum absolute atomic E-state index is 0.235. The molecule has 1 aromatic heterocycles. The predicted octanol–water partition coefficient (Wildman–Crippen LogP) is 4.65. The molecule has 0 fully saturated rings. The molecule has 1 heterocycles. The van der Waals surface area contributed by atoms with E-state index in [4.69, 9.17) is 21.1 Å². The number of ether oxygens (including phenoxy) is 2. The van der Waals surface area contributed by atoms with Gasteiger partial charge in [0.05, 0.1) is 36.0 Å². The van der Waals surface area contributed by atoms with Crippen LogP contribution < -0.4 is 14.8 Å². The van der Waals surface area contributed by atoms with Crippen LogP contribution in [0.5, 0.6) is 11.5 Å². The number of rotatable bonds is 8. The van der Waals surface area contributed by atoms with E-state index in [1.807, 2.05) is 12.3 Å². The Balaban J connectivity index is 2.09. The van der Waals surface area contributed by atoms with Crippen LogP contribution in [-0.2, 0) is 6.54 Å². The first-order valence-corrected chi connectivity index (χ1v) is 9.44. The zero-order valence-electron chi connectivity index (χ0n) is 14.9. The third-order valence-corrected chi connectivity index (χ3v) is 4.91. The van der Waals surface area contributed by atoms with Gasteiger partial charge in [-0.1, -0.05) is 32.4 Å². The normalized spacial score (nSPS) is 10.8. The van der Waals surface area contributed by atoms with Crippen LogP contribution in [0.15, 0.2) is 17.5 Å². The van der Waals surface area contributed by atoms with E-state index in [1.54, 1.807) is 23.5 Å². The topological polar surface area (TPSA) is 60.5 Å². The molecule has 5 nitrogen and oxygen atoms in total. The number of nitrogens with one attached hydrogen (secondary N) is 1. The van der Waals surface area contributed by atoms with Gasteiger partial charge in [-0.25, -0.2) is 4.98 Å². The van der Waals surface area contributed by atoms with E-state index >= 15 is 0 Å². The van der Waals surface area contributed by atoms with Gasteiger partial charge in [0.15, 0.2) is 11.5 Å². The quantitative estimate of drug-likeness (QED) is 0.722. The lowest BCUT2D eigenvalue weighted by Gasteiger charge is -2.13. The summed E-state index contributed by atoms with van der Waals surface area (Å²) >= 11 is 7.86. The molecule has 0 bridgehead atoms. The summed E-state index contributed by atoms with van der Waals surface area (Å²) in [5.74, 6) is 1.06. The first-order valence-electron chi connectivity index (χ1n) is 8.19. The molecule has 7 heteroatoms. The SMILES string of the molecule is CCCOc1c(Cl)cc(C(=O)NCc2csc(C(C)C)n2)cc1OC. The fraction of sp³-hybridized carbons (Fsp3) is 0.444. The fourth-order valence-electron chi connectivity index (χ4n) is 2.14. The standard InChI is InChI=1S/C18H23ClN2O3S/c1-5-6-24-16-14(19)7-12(8-15(16)23-4)17(22)20-9-13-10-25-18(21-13)11(2)3/h7-8,10-11H,5-6,9H2,1-4H3,(H,20,22). The van der Waals surface area contributed by atoms with Gasteiger partial charge in [-0.3, -0.25) is 4.79 Å². The summed E-state index contributed by atoms with van der Waals surface area (Å²) in [5, 5.41) is 6.24. The molecule has 0 spiro atoms. The summed E-state index contributed by atoms with van der Waals surface area (Å²) in [4.78, 5) is 16.9. The summed E-state index contributed by atoms with van der Waals surface area (Å²) < 4.78 is 10.9. The molecule has 0 unspecified atom stereocenters. The number of carbonyl (C=O) groups excluding carboxylic acids is 1.